The highest BCUT2D eigenvalue weighted by atomic mass is 19.4. The summed E-state index contributed by atoms with van der Waals surface area (Å²) >= 11 is 0. The Kier molecular flexibility index (Phi) is 9.90. The van der Waals surface area contributed by atoms with Gasteiger partial charge in [-0.1, -0.05) is 26.0 Å². The Morgan fingerprint density at radius 1 is 1.13 bits per heavy atom. The molecule has 9 heteroatoms. The van der Waals surface area contributed by atoms with E-state index in [1.807, 2.05) is 38.1 Å². The van der Waals surface area contributed by atoms with Crippen molar-refractivity contribution in [2.45, 2.75) is 45.6 Å². The summed E-state index contributed by atoms with van der Waals surface area (Å²) in [7, 11) is 0. The third kappa shape index (κ3) is 6.72. The molecular formula is C29H32F3N3O3. The average molecular weight is 528 g/mol. The number of alkyl halides is 3. The van der Waals surface area contributed by atoms with E-state index in [4.69, 9.17) is 9.47 Å². The van der Waals surface area contributed by atoms with E-state index >= 15 is 0 Å². The summed E-state index contributed by atoms with van der Waals surface area (Å²) in [4.78, 5) is 18.7. The molecule has 0 bridgehead atoms. The number of nitrogens with one attached hydrogen (secondary N) is 1. The number of carbonyl (C=O) groups is 1. The number of hydrogen-bond acceptors (Lipinski definition) is 5. The number of anilines is 2. The van der Waals surface area contributed by atoms with Crippen LogP contribution in [-0.4, -0.2) is 30.2 Å². The zero-order valence-corrected chi connectivity index (χ0v) is 21.6. The minimum absolute atomic E-state index is 0.0696. The van der Waals surface area contributed by atoms with Gasteiger partial charge in [-0.15, -0.1) is 13.2 Å². The zero-order valence-electron chi connectivity index (χ0n) is 21.6. The predicted molar refractivity (Wildman–Crippen MR) is 142 cm³/mol. The molecule has 0 aliphatic carbocycles. The Bertz CT molecular complexity index is 1210. The third-order valence-electron chi connectivity index (χ3n) is 5.89. The first-order chi connectivity index (χ1) is 18.4. The molecule has 1 atom stereocenters. The zero-order chi connectivity index (χ0) is 27.7. The molecule has 38 heavy (non-hydrogen) atoms. The Morgan fingerprint density at radius 3 is 2.53 bits per heavy atom. The van der Waals surface area contributed by atoms with Gasteiger partial charge in [-0.25, -0.2) is 0 Å². The summed E-state index contributed by atoms with van der Waals surface area (Å²) < 4.78 is 51.9. The lowest BCUT2D eigenvalue weighted by Crippen LogP contribution is -2.24. The maximum atomic E-state index is 13.6. The van der Waals surface area contributed by atoms with E-state index in [1.165, 1.54) is 11.0 Å². The number of halogens is 3. The van der Waals surface area contributed by atoms with Gasteiger partial charge in [0.05, 0.1) is 30.9 Å². The van der Waals surface area contributed by atoms with Crippen LogP contribution in [0.2, 0.25) is 0 Å². The van der Waals surface area contributed by atoms with Crippen molar-refractivity contribution >= 4 is 17.3 Å². The molecule has 1 amide bonds. The van der Waals surface area contributed by atoms with Crippen molar-refractivity contribution in [2.24, 2.45) is 0 Å². The van der Waals surface area contributed by atoms with Gasteiger partial charge in [-0.05, 0) is 41.5 Å². The summed E-state index contributed by atoms with van der Waals surface area (Å²) in [6, 6.07) is 12.6. The summed E-state index contributed by atoms with van der Waals surface area (Å²) in [6.45, 7) is 11.5. The number of benzene rings is 2. The van der Waals surface area contributed by atoms with E-state index in [0.29, 0.717) is 37.4 Å². The number of nitrogens with zero attached hydrogens (tertiary/aromatic N) is 2. The van der Waals surface area contributed by atoms with Crippen molar-refractivity contribution < 1.29 is 27.4 Å². The molecule has 202 valence electrons. The molecular weight excluding hydrogens is 495 g/mol. The molecule has 2 aliphatic rings. The Morgan fingerprint density at radius 2 is 1.87 bits per heavy atom. The van der Waals surface area contributed by atoms with Crippen LogP contribution in [0.1, 0.15) is 47.3 Å². The monoisotopic (exact) mass is 527 g/mol. The first kappa shape index (κ1) is 28.7. The molecule has 0 spiro atoms. The van der Waals surface area contributed by atoms with Crippen molar-refractivity contribution in [2.75, 3.05) is 23.4 Å². The van der Waals surface area contributed by atoms with E-state index in [2.05, 4.69) is 23.5 Å². The molecule has 0 radical (unpaired) electrons. The topological polar surface area (TPSA) is 63.7 Å². The number of rotatable bonds is 6. The van der Waals surface area contributed by atoms with Crippen molar-refractivity contribution in [1.29, 1.82) is 0 Å². The van der Waals surface area contributed by atoms with Crippen LogP contribution in [0, 0.1) is 0 Å². The second kappa shape index (κ2) is 13.1. The van der Waals surface area contributed by atoms with Gasteiger partial charge in [0.25, 0.3) is 5.91 Å². The summed E-state index contributed by atoms with van der Waals surface area (Å²) in [5, 5.41) is 3.27. The number of hydrogen-bond donors (Lipinski definition) is 1. The van der Waals surface area contributed by atoms with E-state index < -0.39 is 11.7 Å². The van der Waals surface area contributed by atoms with E-state index in [0.717, 1.165) is 23.3 Å². The fraction of sp³-hybridized carbons (Fsp3) is 0.310. The Labute approximate surface area is 221 Å². The van der Waals surface area contributed by atoms with Gasteiger partial charge in [-0.2, -0.15) is 13.2 Å². The molecule has 3 heterocycles. The van der Waals surface area contributed by atoms with Crippen LogP contribution in [0.4, 0.5) is 24.5 Å². The summed E-state index contributed by atoms with van der Waals surface area (Å²) in [6.07, 6.45) is -0.916. The SMILES string of the molecule is C=C.CC.O=C1c2c(cccc2NCc2ccncc2)CN1c1cc(OC2CCOC2)cc(C(F)(F)F)c1. The van der Waals surface area contributed by atoms with Crippen LogP contribution >= 0.6 is 0 Å². The molecule has 2 aromatic carbocycles. The van der Waals surface area contributed by atoms with Gasteiger partial charge >= 0.3 is 6.18 Å². The molecule has 1 saturated heterocycles. The van der Waals surface area contributed by atoms with Gasteiger partial charge < -0.3 is 19.7 Å². The molecule has 6 nitrogen and oxygen atoms in total. The number of ether oxygens (including phenoxy) is 2. The predicted octanol–water partition coefficient (Wildman–Crippen LogP) is 6.87. The standard InChI is InChI=1S/C25H22F3N3O3.C2H6.C2H4/c26-25(27,28)18-10-19(12-21(11-18)34-20-6-9-33-15-20)31-14-17-2-1-3-22(23(17)24(31)32)30-13-16-4-7-29-8-5-16;2*1-2/h1-5,7-8,10-12,20,30H,6,9,13-15H2;1-2H3;1-2H2. The van der Waals surface area contributed by atoms with E-state index in [1.54, 1.807) is 18.5 Å². The van der Waals surface area contributed by atoms with Crippen LogP contribution in [0.3, 0.4) is 0 Å². The van der Waals surface area contributed by atoms with Gasteiger partial charge in [0.1, 0.15) is 11.9 Å². The van der Waals surface area contributed by atoms with E-state index in [-0.39, 0.29) is 30.0 Å². The van der Waals surface area contributed by atoms with Crippen molar-refractivity contribution in [3.05, 3.63) is 96.3 Å². The minimum atomic E-state index is -4.58. The molecule has 1 fully saturated rings. The lowest BCUT2D eigenvalue weighted by molar-refractivity contribution is -0.137. The molecule has 1 unspecified atom stereocenters. The molecule has 1 N–H and O–H groups in total. The van der Waals surface area contributed by atoms with E-state index in [9.17, 15) is 18.0 Å². The second-order valence-corrected chi connectivity index (χ2v) is 8.26. The average Bonchev–Trinajstić information content (AvgIpc) is 3.57. The molecule has 1 aromatic heterocycles. The van der Waals surface area contributed by atoms with Crippen LogP contribution in [0.15, 0.2) is 74.1 Å². The largest absolute Gasteiger partial charge is 0.488 e. The number of pyridine rings is 1. The highest BCUT2D eigenvalue weighted by Gasteiger charge is 2.36. The fourth-order valence-electron chi connectivity index (χ4n) is 4.18. The molecule has 2 aliphatic heterocycles. The molecule has 0 saturated carbocycles. The third-order valence-corrected chi connectivity index (χ3v) is 5.89. The normalized spacial score (nSPS) is 16.1. The van der Waals surface area contributed by atoms with Gasteiger partial charge in [0.2, 0.25) is 0 Å². The maximum absolute atomic E-state index is 13.6. The second-order valence-electron chi connectivity index (χ2n) is 8.26. The van der Waals surface area contributed by atoms with Gasteiger partial charge in [0, 0.05) is 42.8 Å². The lowest BCUT2D eigenvalue weighted by Gasteiger charge is -2.21. The Balaban J connectivity index is 0.000000956. The summed E-state index contributed by atoms with van der Waals surface area (Å²) in [5.74, 6) is -0.289. The van der Waals surface area contributed by atoms with Crippen LogP contribution in [-0.2, 0) is 24.0 Å². The Hall–Kier alpha value is -3.85. The highest BCUT2D eigenvalue weighted by Crippen LogP contribution is 2.39. The minimum Gasteiger partial charge on any atom is -0.488 e. The lowest BCUT2D eigenvalue weighted by atomic mass is 10.1. The summed E-state index contributed by atoms with van der Waals surface area (Å²) in [5.41, 5.74) is 2.11. The number of fused-ring (bicyclic) bond motifs is 1. The van der Waals surface area contributed by atoms with Crippen LogP contribution < -0.4 is 15.0 Å². The number of aromatic nitrogens is 1. The van der Waals surface area contributed by atoms with Gasteiger partial charge in [-0.3, -0.25) is 9.78 Å². The van der Waals surface area contributed by atoms with Crippen LogP contribution in [0.5, 0.6) is 5.75 Å². The van der Waals surface area contributed by atoms with Crippen molar-refractivity contribution in [1.82, 2.24) is 4.98 Å². The first-order valence-corrected chi connectivity index (χ1v) is 12.4. The van der Waals surface area contributed by atoms with Crippen LogP contribution in [0.25, 0.3) is 0 Å². The smallest absolute Gasteiger partial charge is 0.416 e. The highest BCUT2D eigenvalue weighted by molar-refractivity contribution is 6.13. The maximum Gasteiger partial charge on any atom is 0.416 e. The molecule has 3 aromatic rings. The fourth-order valence-corrected chi connectivity index (χ4v) is 4.18. The van der Waals surface area contributed by atoms with Crippen molar-refractivity contribution in [3.8, 4) is 5.75 Å². The number of amides is 1. The quantitative estimate of drug-likeness (QED) is 0.355. The van der Waals surface area contributed by atoms with Crippen molar-refractivity contribution in [3.63, 3.8) is 0 Å². The van der Waals surface area contributed by atoms with Gasteiger partial charge in [0.15, 0.2) is 0 Å². The first-order valence-electron chi connectivity index (χ1n) is 12.4. The molecule has 5 rings (SSSR count). The number of carbonyl (C=O) groups excluding carboxylic acids is 1.